The van der Waals surface area contributed by atoms with Gasteiger partial charge in [-0.25, -0.2) is 0 Å². The van der Waals surface area contributed by atoms with E-state index in [1.54, 1.807) is 0 Å². The number of benzene rings is 1. The van der Waals surface area contributed by atoms with E-state index in [1.807, 2.05) is 0 Å². The molecule has 3 rings (SSSR count). The van der Waals surface area contributed by atoms with Crippen LogP contribution in [0, 0.1) is 11.8 Å². The molecule has 1 fully saturated rings. The molecule has 1 aromatic carbocycles. The molecule has 0 spiro atoms. The Morgan fingerprint density at radius 1 is 1.25 bits per heavy atom. The van der Waals surface area contributed by atoms with Crippen LogP contribution in [0.25, 0.3) is 0 Å². The Morgan fingerprint density at radius 3 is 2.65 bits per heavy atom. The van der Waals surface area contributed by atoms with Crippen molar-refractivity contribution < 1.29 is 4.74 Å². The lowest BCUT2D eigenvalue weighted by Crippen LogP contribution is -2.29. The van der Waals surface area contributed by atoms with Crippen molar-refractivity contribution in [2.24, 2.45) is 11.8 Å². The van der Waals surface area contributed by atoms with E-state index in [9.17, 15) is 0 Å². The van der Waals surface area contributed by atoms with E-state index in [0.717, 1.165) is 25.7 Å². The van der Waals surface area contributed by atoms with Crippen molar-refractivity contribution in [1.82, 2.24) is 4.90 Å². The molecule has 0 aromatic heterocycles. The van der Waals surface area contributed by atoms with Crippen molar-refractivity contribution in [3.63, 3.8) is 0 Å². The number of rotatable bonds is 3. The molecule has 0 amide bonds. The molecule has 108 valence electrons. The van der Waals surface area contributed by atoms with Crippen molar-refractivity contribution in [2.75, 3.05) is 26.8 Å². The van der Waals surface area contributed by atoms with Crippen LogP contribution in [0.15, 0.2) is 41.0 Å². The molecular formula is C17H22BrNO. The predicted octanol–water partition coefficient (Wildman–Crippen LogP) is 4.03. The normalized spacial score (nSPS) is 25.1. The Bertz CT molecular complexity index is 482. The molecule has 2 heterocycles. The lowest BCUT2D eigenvalue weighted by molar-refractivity contribution is 0.0523. The molecule has 3 heteroatoms. The third-order valence-electron chi connectivity index (χ3n) is 4.59. The molecule has 2 nitrogen and oxygen atoms in total. The van der Waals surface area contributed by atoms with Crippen molar-refractivity contribution in [2.45, 2.75) is 18.8 Å². The van der Waals surface area contributed by atoms with Gasteiger partial charge in [0, 0.05) is 37.2 Å². The Labute approximate surface area is 129 Å². The van der Waals surface area contributed by atoms with Crippen molar-refractivity contribution in [1.29, 1.82) is 0 Å². The van der Waals surface area contributed by atoms with Crippen molar-refractivity contribution in [3.05, 3.63) is 46.6 Å². The summed E-state index contributed by atoms with van der Waals surface area (Å²) >= 11 is 3.76. The SMILES string of the molecule is CN1C=C[C@H](C(c2ccccc2Br)C2CCOCC2)C1. The quantitative estimate of drug-likeness (QED) is 0.826. The molecule has 0 radical (unpaired) electrons. The number of halogens is 1. The van der Waals surface area contributed by atoms with E-state index in [4.69, 9.17) is 4.74 Å². The second-order valence-corrected chi connectivity index (χ2v) is 6.80. The van der Waals surface area contributed by atoms with E-state index in [-0.39, 0.29) is 0 Å². The minimum Gasteiger partial charge on any atom is -0.381 e. The van der Waals surface area contributed by atoms with E-state index in [1.165, 1.54) is 22.9 Å². The van der Waals surface area contributed by atoms with E-state index in [0.29, 0.717) is 11.8 Å². The molecule has 2 aliphatic rings. The average Bonchev–Trinajstić information content (AvgIpc) is 2.89. The lowest BCUT2D eigenvalue weighted by atomic mass is 9.74. The largest absolute Gasteiger partial charge is 0.381 e. The van der Waals surface area contributed by atoms with Gasteiger partial charge in [-0.15, -0.1) is 0 Å². The maximum absolute atomic E-state index is 5.56. The molecule has 1 unspecified atom stereocenters. The van der Waals surface area contributed by atoms with Gasteiger partial charge in [-0.2, -0.15) is 0 Å². The van der Waals surface area contributed by atoms with Gasteiger partial charge < -0.3 is 9.64 Å². The summed E-state index contributed by atoms with van der Waals surface area (Å²) in [4.78, 5) is 2.30. The van der Waals surface area contributed by atoms with Gasteiger partial charge in [-0.05, 0) is 42.5 Å². The molecule has 2 aliphatic heterocycles. The minimum atomic E-state index is 0.593. The fourth-order valence-electron chi connectivity index (χ4n) is 3.60. The second kappa shape index (κ2) is 6.31. The number of nitrogens with zero attached hydrogens (tertiary/aromatic N) is 1. The molecule has 0 aliphatic carbocycles. The van der Waals surface area contributed by atoms with Gasteiger partial charge >= 0.3 is 0 Å². The summed E-state index contributed by atoms with van der Waals surface area (Å²) in [7, 11) is 2.16. The molecule has 0 N–H and O–H groups in total. The predicted molar refractivity (Wildman–Crippen MR) is 85.7 cm³/mol. The molecule has 0 bridgehead atoms. The van der Waals surface area contributed by atoms with Crippen molar-refractivity contribution in [3.8, 4) is 0 Å². The van der Waals surface area contributed by atoms with Crippen LogP contribution in [0.1, 0.15) is 24.3 Å². The first-order valence-electron chi connectivity index (χ1n) is 7.46. The Morgan fingerprint density at radius 2 is 2.00 bits per heavy atom. The van der Waals surface area contributed by atoms with Gasteiger partial charge in [0.1, 0.15) is 0 Å². The van der Waals surface area contributed by atoms with Crippen molar-refractivity contribution >= 4 is 15.9 Å². The van der Waals surface area contributed by atoms with Crippen LogP contribution < -0.4 is 0 Å². The Kier molecular flexibility index (Phi) is 4.47. The third-order valence-corrected chi connectivity index (χ3v) is 5.31. The minimum absolute atomic E-state index is 0.593. The summed E-state index contributed by atoms with van der Waals surface area (Å²) in [5.74, 6) is 1.93. The lowest BCUT2D eigenvalue weighted by Gasteiger charge is -2.35. The topological polar surface area (TPSA) is 12.5 Å². The molecule has 1 aromatic rings. The maximum Gasteiger partial charge on any atom is 0.0468 e. The van der Waals surface area contributed by atoms with Crippen LogP contribution in [0.2, 0.25) is 0 Å². The molecular weight excluding hydrogens is 314 g/mol. The van der Waals surface area contributed by atoms with Gasteiger partial charge in [0.25, 0.3) is 0 Å². The van der Waals surface area contributed by atoms with Crippen LogP contribution >= 0.6 is 15.9 Å². The Balaban J connectivity index is 1.90. The van der Waals surface area contributed by atoms with Gasteiger partial charge in [0.2, 0.25) is 0 Å². The highest BCUT2D eigenvalue weighted by Crippen LogP contribution is 2.42. The first-order valence-corrected chi connectivity index (χ1v) is 8.26. The molecule has 1 saturated heterocycles. The smallest absolute Gasteiger partial charge is 0.0468 e. The fraction of sp³-hybridized carbons (Fsp3) is 0.529. The maximum atomic E-state index is 5.56. The first kappa shape index (κ1) is 14.2. The zero-order valence-electron chi connectivity index (χ0n) is 12.0. The summed E-state index contributed by atoms with van der Waals surface area (Å²) in [6.07, 6.45) is 6.98. The van der Waals surface area contributed by atoms with Crippen LogP contribution in [0.4, 0.5) is 0 Å². The van der Waals surface area contributed by atoms with E-state index < -0.39 is 0 Å². The first-order chi connectivity index (χ1) is 9.75. The highest BCUT2D eigenvalue weighted by molar-refractivity contribution is 9.10. The monoisotopic (exact) mass is 335 g/mol. The van der Waals surface area contributed by atoms with Crippen LogP contribution in [-0.2, 0) is 4.74 Å². The van der Waals surface area contributed by atoms with Crippen LogP contribution in [0.3, 0.4) is 0 Å². The summed E-state index contributed by atoms with van der Waals surface area (Å²) in [5.41, 5.74) is 1.46. The zero-order chi connectivity index (χ0) is 13.9. The van der Waals surface area contributed by atoms with Gasteiger partial charge in [-0.1, -0.05) is 40.2 Å². The zero-order valence-corrected chi connectivity index (χ0v) is 13.6. The molecule has 2 atom stereocenters. The number of hydrogen-bond acceptors (Lipinski definition) is 2. The number of hydrogen-bond donors (Lipinski definition) is 0. The standard InChI is InChI=1S/C17H22BrNO/c1-19-9-6-14(12-19)17(13-7-10-20-11-8-13)15-4-2-3-5-16(15)18/h2-6,9,13-14,17H,7-8,10-12H2,1H3/t14-,17?/m0/s1. The summed E-state index contributed by atoms with van der Waals surface area (Å²) < 4.78 is 6.81. The fourth-order valence-corrected chi connectivity index (χ4v) is 4.15. The summed E-state index contributed by atoms with van der Waals surface area (Å²) in [6, 6.07) is 8.72. The number of ether oxygens (including phenoxy) is 1. The second-order valence-electron chi connectivity index (χ2n) is 5.94. The Hall–Kier alpha value is -0.800. The van der Waals surface area contributed by atoms with E-state index >= 15 is 0 Å². The van der Waals surface area contributed by atoms with Gasteiger partial charge in [-0.3, -0.25) is 0 Å². The average molecular weight is 336 g/mol. The summed E-state index contributed by atoms with van der Waals surface area (Å²) in [5, 5.41) is 0. The third kappa shape index (κ3) is 2.94. The van der Waals surface area contributed by atoms with Crippen LogP contribution in [-0.4, -0.2) is 31.7 Å². The van der Waals surface area contributed by atoms with Gasteiger partial charge in [0.15, 0.2) is 0 Å². The van der Waals surface area contributed by atoms with Gasteiger partial charge in [0.05, 0.1) is 0 Å². The van der Waals surface area contributed by atoms with Crippen LogP contribution in [0.5, 0.6) is 0 Å². The van der Waals surface area contributed by atoms with E-state index in [2.05, 4.69) is 64.4 Å². The summed E-state index contributed by atoms with van der Waals surface area (Å²) in [6.45, 7) is 2.96. The molecule has 0 saturated carbocycles. The molecule has 20 heavy (non-hydrogen) atoms. The highest BCUT2D eigenvalue weighted by atomic mass is 79.9. The highest BCUT2D eigenvalue weighted by Gasteiger charge is 2.33.